The summed E-state index contributed by atoms with van der Waals surface area (Å²) in [5.74, 6) is 6.69. The third-order valence-electron chi connectivity index (χ3n) is 10.3. The van der Waals surface area contributed by atoms with E-state index in [4.69, 9.17) is 14.6 Å². The Morgan fingerprint density at radius 2 is 1.76 bits per heavy atom. The molecule has 6 atom stereocenters. The van der Waals surface area contributed by atoms with Crippen molar-refractivity contribution in [1.82, 2.24) is 0 Å². The number of hydrogen-bond acceptors (Lipinski definition) is 6. The van der Waals surface area contributed by atoms with Gasteiger partial charge in [0, 0.05) is 35.5 Å². The van der Waals surface area contributed by atoms with Crippen molar-refractivity contribution in [1.29, 1.82) is 0 Å². The Labute approximate surface area is 232 Å². The number of rotatable bonds is 2. The van der Waals surface area contributed by atoms with E-state index in [1.54, 1.807) is 0 Å². The number of benzene rings is 1. The molecule has 3 saturated carbocycles. The summed E-state index contributed by atoms with van der Waals surface area (Å²) in [6, 6.07) is 8.36. The predicted octanol–water partition coefficient (Wildman–Crippen LogP) is 4.60. The summed E-state index contributed by atoms with van der Waals surface area (Å²) in [4.78, 5) is 0. The minimum atomic E-state index is -0.915. The molecule has 6 unspecified atom stereocenters. The second-order valence-corrected chi connectivity index (χ2v) is 13.7. The first-order valence-corrected chi connectivity index (χ1v) is 15.0. The monoisotopic (exact) mass is 538 g/mol. The van der Waals surface area contributed by atoms with Gasteiger partial charge in [-0.05, 0) is 79.5 Å². The molecule has 1 heterocycles. The molecule has 38 heavy (non-hydrogen) atoms. The number of aliphatic hydroxyl groups is 3. The first kappa shape index (κ1) is 26.9. The van der Waals surface area contributed by atoms with Crippen molar-refractivity contribution in [3.05, 3.63) is 46.5 Å². The van der Waals surface area contributed by atoms with E-state index >= 15 is 0 Å². The lowest BCUT2D eigenvalue weighted by Crippen LogP contribution is -2.57. The van der Waals surface area contributed by atoms with Crippen molar-refractivity contribution in [2.24, 2.45) is 23.2 Å². The number of thiol groups is 1. The zero-order valence-electron chi connectivity index (χ0n) is 22.7. The molecule has 1 spiro atoms. The van der Waals surface area contributed by atoms with Crippen LogP contribution in [0.15, 0.2) is 35.4 Å². The van der Waals surface area contributed by atoms with Crippen molar-refractivity contribution in [3.8, 4) is 11.8 Å². The van der Waals surface area contributed by atoms with Crippen LogP contribution < -0.4 is 0 Å². The fourth-order valence-corrected chi connectivity index (χ4v) is 8.81. The van der Waals surface area contributed by atoms with Gasteiger partial charge in [-0.1, -0.05) is 43.4 Å². The van der Waals surface area contributed by atoms with E-state index < -0.39 is 17.0 Å². The largest absolute Gasteiger partial charge is 0.389 e. The Bertz CT molecular complexity index is 1150. The molecule has 5 nitrogen and oxygen atoms in total. The van der Waals surface area contributed by atoms with Gasteiger partial charge in [0.1, 0.15) is 6.61 Å². The van der Waals surface area contributed by atoms with Gasteiger partial charge >= 0.3 is 0 Å². The van der Waals surface area contributed by atoms with Gasteiger partial charge in [0.15, 0.2) is 5.79 Å². The minimum absolute atomic E-state index is 0.00623. The van der Waals surface area contributed by atoms with E-state index in [1.165, 1.54) is 16.7 Å². The molecule has 1 saturated heterocycles. The smallest absolute Gasteiger partial charge is 0.171 e. The van der Waals surface area contributed by atoms with Crippen LogP contribution in [-0.4, -0.2) is 57.9 Å². The fraction of sp³-hybridized carbons (Fsp3) is 0.688. The zero-order valence-corrected chi connectivity index (χ0v) is 23.6. The van der Waals surface area contributed by atoms with Gasteiger partial charge in [-0.25, -0.2) is 0 Å². The number of fused-ring (bicyclic) bond motifs is 4. The molecule has 1 aliphatic heterocycles. The third-order valence-corrected chi connectivity index (χ3v) is 10.9. The summed E-state index contributed by atoms with van der Waals surface area (Å²) >= 11 is 4.59. The van der Waals surface area contributed by atoms with Crippen molar-refractivity contribution in [3.63, 3.8) is 0 Å². The first-order chi connectivity index (χ1) is 18.1. The molecule has 206 valence electrons. The SMILES string of the molecule is CC1(C)COC2(CCC3=C4C(c5ccc(C#CCO)cc5)CC5C(CCC5(O)CS)C4CCC3(O)C2)OC1. The van der Waals surface area contributed by atoms with Crippen LogP contribution in [0.3, 0.4) is 0 Å². The highest BCUT2D eigenvalue weighted by atomic mass is 32.1. The van der Waals surface area contributed by atoms with Crippen molar-refractivity contribution < 1.29 is 24.8 Å². The summed E-state index contributed by atoms with van der Waals surface area (Å²) in [7, 11) is 0. The lowest BCUT2D eigenvalue weighted by atomic mass is 9.54. The van der Waals surface area contributed by atoms with Crippen LogP contribution in [0.5, 0.6) is 0 Å². The average molecular weight is 539 g/mol. The maximum absolute atomic E-state index is 12.3. The maximum Gasteiger partial charge on any atom is 0.171 e. The van der Waals surface area contributed by atoms with Gasteiger partial charge in [-0.15, -0.1) is 0 Å². The highest BCUT2D eigenvalue weighted by Crippen LogP contribution is 2.63. The molecule has 0 aromatic heterocycles. The molecule has 6 heteroatoms. The number of aliphatic hydroxyl groups excluding tert-OH is 1. The van der Waals surface area contributed by atoms with Crippen LogP contribution in [0.2, 0.25) is 0 Å². The minimum Gasteiger partial charge on any atom is -0.389 e. The molecule has 1 aromatic rings. The van der Waals surface area contributed by atoms with E-state index in [-0.39, 0.29) is 23.9 Å². The average Bonchev–Trinajstić information content (AvgIpc) is 3.25. The molecular weight excluding hydrogens is 496 g/mol. The summed E-state index contributed by atoms with van der Waals surface area (Å²) in [6.45, 7) is 5.47. The zero-order chi connectivity index (χ0) is 26.8. The molecule has 1 aromatic carbocycles. The van der Waals surface area contributed by atoms with Crippen LogP contribution in [0.4, 0.5) is 0 Å². The molecule has 6 rings (SSSR count). The summed E-state index contributed by atoms with van der Waals surface area (Å²) in [5.41, 5.74) is 3.09. The van der Waals surface area contributed by atoms with Gasteiger partial charge in [-0.3, -0.25) is 0 Å². The Morgan fingerprint density at radius 1 is 1.03 bits per heavy atom. The number of allylic oxidation sites excluding steroid dienone is 1. The van der Waals surface area contributed by atoms with Gasteiger partial charge in [0.05, 0.1) is 24.4 Å². The Hall–Kier alpha value is -1.33. The number of ether oxygens (including phenoxy) is 2. The highest BCUT2D eigenvalue weighted by Gasteiger charge is 2.59. The van der Waals surface area contributed by atoms with Crippen molar-refractivity contribution >= 4 is 12.6 Å². The van der Waals surface area contributed by atoms with E-state index in [0.29, 0.717) is 37.2 Å². The topological polar surface area (TPSA) is 79.2 Å². The Morgan fingerprint density at radius 3 is 2.45 bits per heavy atom. The molecule has 3 N–H and O–H groups in total. The van der Waals surface area contributed by atoms with E-state index in [2.05, 4.69) is 50.4 Å². The summed E-state index contributed by atoms with van der Waals surface area (Å²) in [6.07, 6.45) is 6.41. The van der Waals surface area contributed by atoms with Gasteiger partial charge in [0.2, 0.25) is 0 Å². The standard InChI is InChI=1S/C32H42O5S/c1-29(2)18-36-32(37-19-29)14-11-26-28-24(10-12-30(26,34)17-32)23-9-13-31(35,20-38)27(23)16-25(28)22-7-5-21(6-8-22)4-3-15-33/h5-8,23-25,27,33-35,38H,9-20H2,1-2H3. The molecular formula is C32H42O5S. The number of hydrogen-bond donors (Lipinski definition) is 4. The van der Waals surface area contributed by atoms with E-state index in [9.17, 15) is 10.2 Å². The first-order valence-electron chi connectivity index (χ1n) is 14.4. The molecule has 4 aliphatic carbocycles. The van der Waals surface area contributed by atoms with Crippen LogP contribution in [0.25, 0.3) is 0 Å². The maximum atomic E-state index is 12.3. The van der Waals surface area contributed by atoms with Gasteiger partial charge in [-0.2, -0.15) is 12.6 Å². The third kappa shape index (κ3) is 4.48. The van der Waals surface area contributed by atoms with Crippen LogP contribution in [-0.2, 0) is 9.47 Å². The summed E-state index contributed by atoms with van der Waals surface area (Å²) in [5, 5.41) is 32.9. The van der Waals surface area contributed by atoms with Crippen molar-refractivity contribution in [2.45, 2.75) is 88.1 Å². The summed E-state index contributed by atoms with van der Waals surface area (Å²) < 4.78 is 12.7. The highest BCUT2D eigenvalue weighted by molar-refractivity contribution is 7.80. The quantitative estimate of drug-likeness (QED) is 0.252. The van der Waals surface area contributed by atoms with Gasteiger partial charge in [0.25, 0.3) is 0 Å². The normalized spacial score (nSPS) is 39.1. The van der Waals surface area contributed by atoms with Crippen LogP contribution in [0, 0.1) is 35.0 Å². The Balaban J connectivity index is 1.39. The fourth-order valence-electron chi connectivity index (χ4n) is 8.42. The lowest BCUT2D eigenvalue weighted by Gasteiger charge is -2.56. The van der Waals surface area contributed by atoms with Crippen molar-refractivity contribution in [2.75, 3.05) is 25.6 Å². The predicted molar refractivity (Wildman–Crippen MR) is 150 cm³/mol. The molecule has 5 aliphatic rings. The molecule has 0 bridgehead atoms. The second kappa shape index (κ2) is 9.65. The van der Waals surface area contributed by atoms with E-state index in [1.807, 2.05) is 12.1 Å². The molecule has 0 amide bonds. The molecule has 0 radical (unpaired) electrons. The van der Waals surface area contributed by atoms with Crippen LogP contribution >= 0.6 is 12.6 Å². The van der Waals surface area contributed by atoms with Crippen LogP contribution in [0.1, 0.15) is 82.3 Å². The Kier molecular flexibility index (Phi) is 6.82. The molecule has 4 fully saturated rings. The van der Waals surface area contributed by atoms with E-state index in [0.717, 1.165) is 50.5 Å². The lowest BCUT2D eigenvalue weighted by molar-refractivity contribution is -0.322. The second-order valence-electron chi connectivity index (χ2n) is 13.4. The van der Waals surface area contributed by atoms with Gasteiger partial charge < -0.3 is 24.8 Å².